The number of allylic oxidation sites excluding steroid dienone is 3. The minimum atomic E-state index is -0.402. The van der Waals surface area contributed by atoms with Gasteiger partial charge < -0.3 is 10.5 Å². The smallest absolute Gasteiger partial charge is 0.205 e. The Kier molecular flexibility index (Phi) is 3.21. The second-order valence-corrected chi connectivity index (χ2v) is 4.95. The van der Waals surface area contributed by atoms with Gasteiger partial charge in [0.25, 0.3) is 0 Å². The highest BCUT2D eigenvalue weighted by Crippen LogP contribution is 2.40. The van der Waals surface area contributed by atoms with Crippen molar-refractivity contribution in [2.45, 2.75) is 19.8 Å². The number of thiophene rings is 1. The van der Waals surface area contributed by atoms with Crippen molar-refractivity contribution in [1.29, 1.82) is 5.26 Å². The zero-order chi connectivity index (χ0) is 13.3. The number of nitriles is 1. The highest BCUT2D eigenvalue weighted by Gasteiger charge is 2.34. The molecule has 2 heterocycles. The van der Waals surface area contributed by atoms with Crippen LogP contribution >= 0.6 is 11.3 Å². The summed E-state index contributed by atoms with van der Waals surface area (Å²) in [7, 11) is 0. The number of ether oxygens (including phenoxy) is 1. The van der Waals surface area contributed by atoms with Crippen molar-refractivity contribution >= 4 is 17.1 Å². The van der Waals surface area contributed by atoms with Gasteiger partial charge in [-0.05, 0) is 25.3 Å². The van der Waals surface area contributed by atoms with Gasteiger partial charge >= 0.3 is 0 Å². The lowest BCUT2D eigenvalue weighted by atomic mass is 9.86. The van der Waals surface area contributed by atoms with E-state index in [0.717, 1.165) is 4.88 Å². The maximum Gasteiger partial charge on any atom is 0.205 e. The number of nitrogens with two attached hydrogens (primary N) is 1. The van der Waals surface area contributed by atoms with Gasteiger partial charge in [0.05, 0.1) is 5.92 Å². The van der Waals surface area contributed by atoms with E-state index in [-0.39, 0.29) is 11.7 Å². The predicted octanol–water partition coefficient (Wildman–Crippen LogP) is 2.42. The topological polar surface area (TPSA) is 76.1 Å². The minimum Gasteiger partial charge on any atom is -0.445 e. The molecule has 92 valence electrons. The molecular formula is C13H12N2O2S. The van der Waals surface area contributed by atoms with Crippen LogP contribution in [0.2, 0.25) is 0 Å². The number of nitrogens with zero attached hydrogens (tertiary/aromatic N) is 1. The van der Waals surface area contributed by atoms with Crippen LogP contribution in [0.3, 0.4) is 0 Å². The summed E-state index contributed by atoms with van der Waals surface area (Å²) in [6.45, 7) is 3.16. The molecule has 0 aromatic carbocycles. The number of carbonyl (C=O) groups excluding carboxylic acids is 1. The van der Waals surface area contributed by atoms with Crippen LogP contribution in [-0.2, 0) is 9.53 Å². The third-order valence-electron chi connectivity index (χ3n) is 2.81. The zero-order valence-electron chi connectivity index (χ0n) is 10.1. The largest absolute Gasteiger partial charge is 0.445 e. The Labute approximate surface area is 109 Å². The monoisotopic (exact) mass is 260 g/mol. The lowest BCUT2D eigenvalue weighted by molar-refractivity contribution is -0.114. The van der Waals surface area contributed by atoms with Crippen molar-refractivity contribution in [3.8, 4) is 6.07 Å². The minimum absolute atomic E-state index is 0.0819. The summed E-state index contributed by atoms with van der Waals surface area (Å²) in [6, 6.07) is 5.82. The van der Waals surface area contributed by atoms with Crippen molar-refractivity contribution in [2.75, 3.05) is 0 Å². The fourth-order valence-electron chi connectivity index (χ4n) is 2.08. The van der Waals surface area contributed by atoms with E-state index in [4.69, 9.17) is 10.5 Å². The van der Waals surface area contributed by atoms with E-state index in [1.165, 1.54) is 18.3 Å². The molecular weight excluding hydrogens is 248 g/mol. The molecule has 0 aliphatic carbocycles. The van der Waals surface area contributed by atoms with Gasteiger partial charge in [0.15, 0.2) is 5.78 Å². The van der Waals surface area contributed by atoms with Gasteiger partial charge in [0, 0.05) is 10.5 Å². The molecule has 1 atom stereocenters. The molecule has 18 heavy (non-hydrogen) atoms. The molecule has 0 spiro atoms. The molecule has 0 radical (unpaired) electrons. The first kappa shape index (κ1) is 12.4. The first-order valence-electron chi connectivity index (χ1n) is 5.39. The fraction of sp³-hybridized carbons (Fsp3) is 0.231. The molecule has 1 aliphatic heterocycles. The molecule has 0 bridgehead atoms. The van der Waals surface area contributed by atoms with Gasteiger partial charge in [-0.3, -0.25) is 4.79 Å². The lowest BCUT2D eigenvalue weighted by Crippen LogP contribution is -2.22. The summed E-state index contributed by atoms with van der Waals surface area (Å²) in [4.78, 5) is 12.7. The van der Waals surface area contributed by atoms with Crippen LogP contribution < -0.4 is 5.73 Å². The molecule has 1 aromatic rings. The van der Waals surface area contributed by atoms with E-state index in [0.29, 0.717) is 16.9 Å². The van der Waals surface area contributed by atoms with E-state index in [2.05, 4.69) is 0 Å². The predicted molar refractivity (Wildman–Crippen MR) is 68.4 cm³/mol. The number of ketones is 1. The van der Waals surface area contributed by atoms with Gasteiger partial charge in [-0.1, -0.05) is 6.07 Å². The maximum absolute atomic E-state index is 11.8. The van der Waals surface area contributed by atoms with E-state index >= 15 is 0 Å². The molecule has 0 saturated heterocycles. The molecule has 0 amide bonds. The van der Waals surface area contributed by atoms with Crippen LogP contribution in [0.25, 0.3) is 0 Å². The Hall–Kier alpha value is -2.06. The lowest BCUT2D eigenvalue weighted by Gasteiger charge is -2.25. The third-order valence-corrected chi connectivity index (χ3v) is 3.75. The SMILES string of the molecule is CC(=O)C1=C(C)OC(N)=C(C#N)C1c1cccs1. The van der Waals surface area contributed by atoms with E-state index < -0.39 is 5.92 Å². The number of carbonyl (C=O) groups is 1. The summed E-state index contributed by atoms with van der Waals surface area (Å²) in [6.07, 6.45) is 0. The van der Waals surface area contributed by atoms with Crippen molar-refractivity contribution in [2.24, 2.45) is 5.73 Å². The molecule has 2 rings (SSSR count). The molecule has 0 fully saturated rings. The Morgan fingerprint density at radius 1 is 1.61 bits per heavy atom. The Bertz CT molecular complexity index is 591. The van der Waals surface area contributed by atoms with Crippen LogP contribution in [0.5, 0.6) is 0 Å². The summed E-state index contributed by atoms with van der Waals surface area (Å²) in [5, 5.41) is 11.1. The molecule has 2 N–H and O–H groups in total. The van der Waals surface area contributed by atoms with Crippen LogP contribution in [-0.4, -0.2) is 5.78 Å². The molecule has 4 nitrogen and oxygen atoms in total. The number of rotatable bonds is 2. The molecule has 1 aliphatic rings. The molecule has 1 unspecified atom stereocenters. The highest BCUT2D eigenvalue weighted by atomic mass is 32.1. The van der Waals surface area contributed by atoms with Crippen LogP contribution in [0.15, 0.2) is 40.3 Å². The van der Waals surface area contributed by atoms with Crippen molar-refractivity contribution in [3.63, 3.8) is 0 Å². The molecule has 5 heteroatoms. The Morgan fingerprint density at radius 2 is 2.33 bits per heavy atom. The fourth-order valence-corrected chi connectivity index (χ4v) is 2.92. The van der Waals surface area contributed by atoms with Gasteiger partial charge in [-0.2, -0.15) is 5.26 Å². The van der Waals surface area contributed by atoms with Crippen LogP contribution in [0.1, 0.15) is 24.6 Å². The standard InChI is InChI=1S/C13H12N2O2S/c1-7(16)11-8(2)17-13(15)9(6-14)12(11)10-4-3-5-18-10/h3-5,12H,15H2,1-2H3. The molecule has 1 aromatic heterocycles. The number of hydrogen-bond donors (Lipinski definition) is 1. The summed E-state index contributed by atoms with van der Waals surface area (Å²) >= 11 is 1.49. The van der Waals surface area contributed by atoms with Crippen molar-refractivity contribution in [1.82, 2.24) is 0 Å². The summed E-state index contributed by atoms with van der Waals surface area (Å²) in [5.74, 6) is 0.0446. The quantitative estimate of drug-likeness (QED) is 0.886. The highest BCUT2D eigenvalue weighted by molar-refractivity contribution is 7.10. The normalized spacial score (nSPS) is 19.5. The van der Waals surface area contributed by atoms with Crippen LogP contribution in [0.4, 0.5) is 0 Å². The van der Waals surface area contributed by atoms with Gasteiger partial charge in [0.2, 0.25) is 5.88 Å². The van der Waals surface area contributed by atoms with E-state index in [1.807, 2.05) is 23.6 Å². The zero-order valence-corrected chi connectivity index (χ0v) is 10.9. The van der Waals surface area contributed by atoms with Crippen molar-refractivity contribution in [3.05, 3.63) is 45.2 Å². The van der Waals surface area contributed by atoms with E-state index in [1.54, 1.807) is 6.92 Å². The third kappa shape index (κ3) is 1.91. The first-order valence-corrected chi connectivity index (χ1v) is 6.27. The summed E-state index contributed by atoms with van der Waals surface area (Å²) < 4.78 is 5.29. The number of hydrogen-bond acceptors (Lipinski definition) is 5. The Balaban J connectivity index is 2.63. The Morgan fingerprint density at radius 3 is 2.83 bits per heavy atom. The van der Waals surface area contributed by atoms with Gasteiger partial charge in [-0.25, -0.2) is 0 Å². The average molecular weight is 260 g/mol. The van der Waals surface area contributed by atoms with Crippen LogP contribution in [0, 0.1) is 11.3 Å². The first-order chi connectivity index (χ1) is 8.56. The van der Waals surface area contributed by atoms with E-state index in [9.17, 15) is 10.1 Å². The van der Waals surface area contributed by atoms with Gasteiger partial charge in [-0.15, -0.1) is 11.3 Å². The van der Waals surface area contributed by atoms with Gasteiger partial charge in [0.1, 0.15) is 17.4 Å². The van der Waals surface area contributed by atoms with Crippen molar-refractivity contribution < 1.29 is 9.53 Å². The second kappa shape index (κ2) is 4.67. The number of Topliss-reactive ketones (excluding diaryl/α,β-unsaturated/α-hetero) is 1. The average Bonchev–Trinajstić information content (AvgIpc) is 2.80. The second-order valence-electron chi connectivity index (χ2n) is 3.97. The maximum atomic E-state index is 11.8. The summed E-state index contributed by atoms with van der Waals surface area (Å²) in [5.41, 5.74) is 6.54. The molecule has 0 saturated carbocycles.